The van der Waals surface area contributed by atoms with E-state index in [1.54, 1.807) is 0 Å². The van der Waals surface area contributed by atoms with Crippen molar-refractivity contribution >= 4 is 15.9 Å². The molecule has 2 rings (SSSR count). The molecule has 0 spiro atoms. The Kier molecular flexibility index (Phi) is 4.33. The number of hydrogen-bond donors (Lipinski definition) is 1. The number of ether oxygens (including phenoxy) is 1. The van der Waals surface area contributed by atoms with Gasteiger partial charge in [-0.05, 0) is 53.7 Å². The van der Waals surface area contributed by atoms with Crippen LogP contribution in [0.4, 0.5) is 0 Å². The fourth-order valence-corrected chi connectivity index (χ4v) is 2.03. The Bertz CT molecular complexity index is 543. The van der Waals surface area contributed by atoms with Crippen molar-refractivity contribution in [2.45, 2.75) is 13.5 Å². The average molecular weight is 307 g/mol. The molecule has 0 saturated heterocycles. The molecule has 0 unspecified atom stereocenters. The molecule has 2 aromatic rings. The van der Waals surface area contributed by atoms with Crippen molar-refractivity contribution in [2.24, 2.45) is 0 Å². The van der Waals surface area contributed by atoms with Crippen LogP contribution in [-0.4, -0.2) is 12.0 Å². The lowest BCUT2D eigenvalue weighted by Crippen LogP contribution is -2.06. The summed E-state index contributed by atoms with van der Waals surface area (Å²) in [6, 6.07) is 9.82. The van der Waals surface area contributed by atoms with Crippen LogP contribution in [-0.2, 0) is 6.54 Å². The highest BCUT2D eigenvalue weighted by atomic mass is 79.9. The third-order valence-electron chi connectivity index (χ3n) is 2.51. The van der Waals surface area contributed by atoms with Crippen molar-refractivity contribution in [3.05, 3.63) is 52.1 Å². The maximum absolute atomic E-state index is 5.79. The first-order chi connectivity index (χ1) is 8.70. The number of aryl methyl sites for hydroxylation is 1. The van der Waals surface area contributed by atoms with Gasteiger partial charge in [0.1, 0.15) is 5.75 Å². The van der Waals surface area contributed by atoms with Gasteiger partial charge in [0.25, 0.3) is 0 Å². The van der Waals surface area contributed by atoms with E-state index in [0.29, 0.717) is 5.88 Å². The average Bonchev–Trinajstić information content (AvgIpc) is 2.35. The summed E-state index contributed by atoms with van der Waals surface area (Å²) in [5.41, 5.74) is 2.17. The van der Waals surface area contributed by atoms with Crippen molar-refractivity contribution in [3.63, 3.8) is 0 Å². The molecule has 94 valence electrons. The summed E-state index contributed by atoms with van der Waals surface area (Å²) in [7, 11) is 1.92. The van der Waals surface area contributed by atoms with E-state index in [0.717, 1.165) is 27.9 Å². The van der Waals surface area contributed by atoms with Gasteiger partial charge in [0.2, 0.25) is 5.88 Å². The first-order valence-corrected chi connectivity index (χ1v) is 6.52. The summed E-state index contributed by atoms with van der Waals surface area (Å²) < 4.78 is 6.72. The monoisotopic (exact) mass is 306 g/mol. The minimum atomic E-state index is 0.641. The molecule has 1 aromatic carbocycles. The number of pyridine rings is 1. The number of hydrogen-bond acceptors (Lipinski definition) is 3. The van der Waals surface area contributed by atoms with Crippen molar-refractivity contribution in [2.75, 3.05) is 7.05 Å². The van der Waals surface area contributed by atoms with Crippen LogP contribution in [0.25, 0.3) is 0 Å². The number of benzene rings is 1. The van der Waals surface area contributed by atoms with E-state index in [-0.39, 0.29) is 0 Å². The second-order valence-electron chi connectivity index (χ2n) is 4.03. The molecule has 0 aliphatic heterocycles. The Morgan fingerprint density at radius 2 is 2.11 bits per heavy atom. The molecule has 0 fully saturated rings. The second kappa shape index (κ2) is 5.98. The van der Waals surface area contributed by atoms with E-state index in [4.69, 9.17) is 4.74 Å². The lowest BCUT2D eigenvalue weighted by Gasteiger charge is -2.10. The van der Waals surface area contributed by atoms with E-state index >= 15 is 0 Å². The molecule has 0 radical (unpaired) electrons. The molecule has 1 heterocycles. The summed E-state index contributed by atoms with van der Waals surface area (Å²) in [4.78, 5) is 4.35. The number of aromatic nitrogens is 1. The molecule has 0 bridgehead atoms. The first kappa shape index (κ1) is 13.1. The number of nitrogens with one attached hydrogen (secondary N) is 1. The van der Waals surface area contributed by atoms with Gasteiger partial charge in [-0.1, -0.05) is 12.1 Å². The zero-order valence-corrected chi connectivity index (χ0v) is 12.0. The normalized spacial score (nSPS) is 10.4. The van der Waals surface area contributed by atoms with Crippen LogP contribution in [0.15, 0.2) is 41.0 Å². The van der Waals surface area contributed by atoms with Crippen molar-refractivity contribution in [3.8, 4) is 11.6 Å². The SMILES string of the molecule is CNCc1cnc(Oc2ccccc2Br)c(C)c1. The van der Waals surface area contributed by atoms with E-state index in [2.05, 4.69) is 32.3 Å². The maximum atomic E-state index is 5.79. The van der Waals surface area contributed by atoms with E-state index < -0.39 is 0 Å². The molecule has 0 aliphatic rings. The molecule has 3 nitrogen and oxygen atoms in total. The zero-order valence-electron chi connectivity index (χ0n) is 10.4. The number of nitrogens with zero attached hydrogens (tertiary/aromatic N) is 1. The minimum Gasteiger partial charge on any atom is -0.438 e. The molecular formula is C14H15BrN2O. The zero-order chi connectivity index (χ0) is 13.0. The van der Waals surface area contributed by atoms with E-state index in [1.807, 2.05) is 44.4 Å². The molecule has 0 atom stereocenters. The van der Waals surface area contributed by atoms with Crippen LogP contribution in [0.2, 0.25) is 0 Å². The maximum Gasteiger partial charge on any atom is 0.222 e. The molecule has 0 aliphatic carbocycles. The molecular weight excluding hydrogens is 292 g/mol. The Hall–Kier alpha value is -1.39. The van der Waals surface area contributed by atoms with Gasteiger partial charge in [0.05, 0.1) is 4.47 Å². The molecule has 18 heavy (non-hydrogen) atoms. The molecule has 0 saturated carbocycles. The van der Waals surface area contributed by atoms with Gasteiger partial charge in [-0.15, -0.1) is 0 Å². The smallest absolute Gasteiger partial charge is 0.222 e. The van der Waals surface area contributed by atoms with Crippen molar-refractivity contribution in [1.82, 2.24) is 10.3 Å². The summed E-state index contributed by atoms with van der Waals surface area (Å²) in [6.45, 7) is 2.81. The quantitative estimate of drug-likeness (QED) is 0.936. The summed E-state index contributed by atoms with van der Waals surface area (Å²) in [5, 5.41) is 3.10. The van der Waals surface area contributed by atoms with Crippen LogP contribution in [0.3, 0.4) is 0 Å². The van der Waals surface area contributed by atoms with Crippen molar-refractivity contribution < 1.29 is 4.74 Å². The highest BCUT2D eigenvalue weighted by molar-refractivity contribution is 9.10. The van der Waals surface area contributed by atoms with Crippen LogP contribution in [0, 0.1) is 6.92 Å². The molecule has 1 N–H and O–H groups in total. The fourth-order valence-electron chi connectivity index (χ4n) is 1.66. The Balaban J connectivity index is 2.22. The summed E-state index contributed by atoms with van der Waals surface area (Å²) in [6.07, 6.45) is 1.83. The number of rotatable bonds is 4. The standard InChI is InChI=1S/C14H15BrN2O/c1-10-7-11(8-16-2)9-17-14(10)18-13-6-4-3-5-12(13)15/h3-7,9,16H,8H2,1-2H3. The molecule has 4 heteroatoms. The van der Waals surface area contributed by atoms with E-state index in [9.17, 15) is 0 Å². The fraction of sp³-hybridized carbons (Fsp3) is 0.214. The second-order valence-corrected chi connectivity index (χ2v) is 4.88. The molecule has 1 aromatic heterocycles. The van der Waals surface area contributed by atoms with Gasteiger partial charge in [-0.2, -0.15) is 0 Å². The largest absolute Gasteiger partial charge is 0.438 e. The lowest BCUT2D eigenvalue weighted by atomic mass is 10.2. The molecule has 0 amide bonds. The van der Waals surface area contributed by atoms with Gasteiger partial charge in [-0.25, -0.2) is 4.98 Å². The third kappa shape index (κ3) is 3.09. The van der Waals surface area contributed by atoms with Crippen molar-refractivity contribution in [1.29, 1.82) is 0 Å². The highest BCUT2D eigenvalue weighted by Gasteiger charge is 2.06. The van der Waals surface area contributed by atoms with Crippen LogP contribution in [0.1, 0.15) is 11.1 Å². The highest BCUT2D eigenvalue weighted by Crippen LogP contribution is 2.29. The Morgan fingerprint density at radius 1 is 1.33 bits per heavy atom. The lowest BCUT2D eigenvalue weighted by molar-refractivity contribution is 0.455. The Morgan fingerprint density at radius 3 is 2.78 bits per heavy atom. The van der Waals surface area contributed by atoms with Gasteiger partial charge < -0.3 is 10.1 Å². The number of halogens is 1. The summed E-state index contributed by atoms with van der Waals surface area (Å²) >= 11 is 3.45. The topological polar surface area (TPSA) is 34.2 Å². The van der Waals surface area contributed by atoms with Crippen LogP contribution >= 0.6 is 15.9 Å². The van der Waals surface area contributed by atoms with Gasteiger partial charge in [0.15, 0.2) is 0 Å². The van der Waals surface area contributed by atoms with Gasteiger partial charge >= 0.3 is 0 Å². The van der Waals surface area contributed by atoms with Gasteiger partial charge in [-0.3, -0.25) is 0 Å². The number of para-hydroxylation sites is 1. The first-order valence-electron chi connectivity index (χ1n) is 5.73. The van der Waals surface area contributed by atoms with Crippen LogP contribution < -0.4 is 10.1 Å². The third-order valence-corrected chi connectivity index (χ3v) is 3.17. The minimum absolute atomic E-state index is 0.641. The Labute approximate surface area is 115 Å². The van der Waals surface area contributed by atoms with Crippen LogP contribution in [0.5, 0.6) is 11.6 Å². The predicted octanol–water partition coefficient (Wildman–Crippen LogP) is 3.66. The van der Waals surface area contributed by atoms with E-state index in [1.165, 1.54) is 0 Å². The summed E-state index contributed by atoms with van der Waals surface area (Å²) in [5.74, 6) is 1.41. The van der Waals surface area contributed by atoms with Gasteiger partial charge in [0, 0.05) is 18.3 Å². The predicted molar refractivity (Wildman–Crippen MR) is 76.0 cm³/mol.